The molecule has 2 aliphatic heterocycles. The molecule has 4 N–H and O–H groups in total. The number of nitrogens with zero attached hydrogens (tertiary/aromatic N) is 1. The van der Waals surface area contributed by atoms with Gasteiger partial charge in [0.05, 0.1) is 6.42 Å². The number of pyridine rings is 1. The summed E-state index contributed by atoms with van der Waals surface area (Å²) >= 11 is 0. The molecule has 0 bridgehead atoms. The number of carbonyl (C=O) groups excluding carboxylic acids is 2. The van der Waals surface area contributed by atoms with Crippen molar-refractivity contribution < 1.29 is 29.0 Å². The number of carboxylic acid groups (broad SMARTS) is 1. The number of carboxylic acids is 1. The molecule has 0 saturated heterocycles. The highest BCUT2D eigenvalue weighted by Crippen LogP contribution is 2.36. The number of aliphatic carboxylic acids is 1. The second-order valence-electron chi connectivity index (χ2n) is 8.40. The molecule has 10 heteroatoms. The SMILES string of the molecule is O=C(O)CC(CC(=O)NNC(=O)CCCc1ccc2c(n1)NCCC2)c1ccc2c(c1)OCO2. The van der Waals surface area contributed by atoms with Crippen LogP contribution < -0.4 is 25.6 Å². The third kappa shape index (κ3) is 6.15. The van der Waals surface area contributed by atoms with Crippen LogP contribution in [-0.4, -0.2) is 41.2 Å². The molecule has 1 unspecified atom stereocenters. The third-order valence-corrected chi connectivity index (χ3v) is 5.85. The van der Waals surface area contributed by atoms with Crippen LogP contribution in [0.15, 0.2) is 30.3 Å². The predicted octanol–water partition coefficient (Wildman–Crippen LogP) is 2.29. The van der Waals surface area contributed by atoms with Gasteiger partial charge in [0.15, 0.2) is 11.5 Å². The van der Waals surface area contributed by atoms with Crippen LogP contribution in [-0.2, 0) is 27.2 Å². The smallest absolute Gasteiger partial charge is 0.303 e. The fourth-order valence-corrected chi connectivity index (χ4v) is 4.10. The topological polar surface area (TPSA) is 139 Å². The van der Waals surface area contributed by atoms with Crippen molar-refractivity contribution in [2.24, 2.45) is 0 Å². The Morgan fingerprint density at radius 2 is 1.88 bits per heavy atom. The molecule has 3 heterocycles. The van der Waals surface area contributed by atoms with Gasteiger partial charge in [0, 0.05) is 31.0 Å². The predicted molar refractivity (Wildman–Crippen MR) is 122 cm³/mol. The number of hydrogen-bond donors (Lipinski definition) is 4. The summed E-state index contributed by atoms with van der Waals surface area (Å²) in [5.41, 5.74) is 7.59. The first-order valence-corrected chi connectivity index (χ1v) is 11.4. The lowest BCUT2D eigenvalue weighted by atomic mass is 9.92. The largest absolute Gasteiger partial charge is 0.481 e. The van der Waals surface area contributed by atoms with E-state index < -0.39 is 17.8 Å². The fourth-order valence-electron chi connectivity index (χ4n) is 4.10. The Bertz CT molecular complexity index is 1070. The van der Waals surface area contributed by atoms with Gasteiger partial charge in [-0.25, -0.2) is 4.98 Å². The number of rotatable bonds is 9. The van der Waals surface area contributed by atoms with Crippen molar-refractivity contribution in [1.29, 1.82) is 0 Å². The van der Waals surface area contributed by atoms with Crippen molar-refractivity contribution in [3.05, 3.63) is 47.2 Å². The third-order valence-electron chi connectivity index (χ3n) is 5.85. The Morgan fingerprint density at radius 1 is 1.06 bits per heavy atom. The summed E-state index contributed by atoms with van der Waals surface area (Å²) in [6.45, 7) is 1.03. The van der Waals surface area contributed by atoms with Gasteiger partial charge in [-0.15, -0.1) is 0 Å². The van der Waals surface area contributed by atoms with E-state index in [0.29, 0.717) is 29.9 Å². The summed E-state index contributed by atoms with van der Waals surface area (Å²) in [6.07, 6.45) is 3.27. The van der Waals surface area contributed by atoms with E-state index in [2.05, 4.69) is 27.2 Å². The summed E-state index contributed by atoms with van der Waals surface area (Å²) in [7, 11) is 0. The van der Waals surface area contributed by atoms with Crippen molar-refractivity contribution in [2.45, 2.75) is 50.9 Å². The fraction of sp³-hybridized carbons (Fsp3) is 0.417. The van der Waals surface area contributed by atoms with Crippen LogP contribution in [0.5, 0.6) is 11.5 Å². The molecule has 0 radical (unpaired) electrons. The highest BCUT2D eigenvalue weighted by Gasteiger charge is 2.23. The number of hydrogen-bond acceptors (Lipinski definition) is 7. The molecular weight excluding hydrogens is 440 g/mol. The lowest BCUT2D eigenvalue weighted by Gasteiger charge is -2.17. The average molecular weight is 469 g/mol. The number of aromatic nitrogens is 1. The lowest BCUT2D eigenvalue weighted by molar-refractivity contribution is -0.137. The van der Waals surface area contributed by atoms with Crippen LogP contribution in [0, 0.1) is 0 Å². The summed E-state index contributed by atoms with van der Waals surface area (Å²) in [6, 6.07) is 9.17. The number of aryl methyl sites for hydroxylation is 2. The molecule has 1 aromatic carbocycles. The Morgan fingerprint density at radius 3 is 2.74 bits per heavy atom. The van der Waals surface area contributed by atoms with Gasteiger partial charge in [-0.05, 0) is 55.0 Å². The first-order chi connectivity index (χ1) is 16.5. The van der Waals surface area contributed by atoms with Crippen molar-refractivity contribution in [3.8, 4) is 11.5 Å². The van der Waals surface area contributed by atoms with E-state index in [1.807, 2.05) is 6.07 Å². The number of hydrazine groups is 1. The van der Waals surface area contributed by atoms with Crippen molar-refractivity contribution in [3.63, 3.8) is 0 Å². The minimum atomic E-state index is -1.02. The van der Waals surface area contributed by atoms with Gasteiger partial charge in [-0.2, -0.15) is 0 Å². The zero-order valence-electron chi connectivity index (χ0n) is 18.8. The van der Waals surface area contributed by atoms with Crippen LogP contribution in [0.4, 0.5) is 5.82 Å². The maximum absolute atomic E-state index is 12.4. The molecule has 0 saturated carbocycles. The molecule has 1 aromatic heterocycles. The summed E-state index contributed by atoms with van der Waals surface area (Å²) in [5.74, 6) is -0.360. The normalized spacial score (nSPS) is 14.5. The molecule has 2 aromatic rings. The lowest BCUT2D eigenvalue weighted by Crippen LogP contribution is -2.42. The quantitative estimate of drug-likeness (QED) is 0.411. The van der Waals surface area contributed by atoms with Crippen LogP contribution in [0.2, 0.25) is 0 Å². The summed E-state index contributed by atoms with van der Waals surface area (Å²) < 4.78 is 10.6. The van der Waals surface area contributed by atoms with E-state index in [1.54, 1.807) is 18.2 Å². The zero-order valence-corrected chi connectivity index (χ0v) is 18.8. The number of fused-ring (bicyclic) bond motifs is 2. The van der Waals surface area contributed by atoms with E-state index in [9.17, 15) is 19.5 Å². The standard InChI is InChI=1S/C24H28N4O6/c29-21(5-1-4-18-8-6-15-3-2-10-25-24(15)26-18)27-28-22(30)12-17(13-23(31)32)16-7-9-19-20(11-16)34-14-33-19/h6-9,11,17H,1-5,10,12-14H2,(H,25,26)(H,27,29)(H,28,30)(H,31,32). The number of benzene rings is 1. The van der Waals surface area contributed by atoms with Crippen LogP contribution in [0.25, 0.3) is 0 Å². The highest BCUT2D eigenvalue weighted by atomic mass is 16.7. The van der Waals surface area contributed by atoms with Gasteiger partial charge in [-0.3, -0.25) is 25.2 Å². The molecule has 2 amide bonds. The second kappa shape index (κ2) is 10.9. The molecule has 1 atom stereocenters. The Balaban J connectivity index is 1.22. The molecule has 0 aliphatic carbocycles. The number of nitrogens with one attached hydrogen (secondary N) is 3. The Hall–Kier alpha value is -3.82. The zero-order chi connectivity index (χ0) is 23.9. The Kier molecular flexibility index (Phi) is 7.46. The van der Waals surface area contributed by atoms with Crippen molar-refractivity contribution in [1.82, 2.24) is 15.8 Å². The highest BCUT2D eigenvalue weighted by molar-refractivity contribution is 5.83. The van der Waals surface area contributed by atoms with E-state index in [4.69, 9.17) is 9.47 Å². The number of ether oxygens (including phenoxy) is 2. The minimum Gasteiger partial charge on any atom is -0.481 e. The molecule has 180 valence electrons. The number of amides is 2. The summed E-state index contributed by atoms with van der Waals surface area (Å²) in [5, 5.41) is 12.6. The van der Waals surface area contributed by atoms with E-state index >= 15 is 0 Å². The molecule has 2 aliphatic rings. The minimum absolute atomic E-state index is 0.0989. The molecule has 0 spiro atoms. The monoisotopic (exact) mass is 468 g/mol. The maximum atomic E-state index is 12.4. The van der Waals surface area contributed by atoms with Crippen molar-refractivity contribution >= 4 is 23.6 Å². The van der Waals surface area contributed by atoms with Gasteiger partial charge >= 0.3 is 5.97 Å². The van der Waals surface area contributed by atoms with Gasteiger partial charge in [0.25, 0.3) is 0 Å². The van der Waals surface area contributed by atoms with E-state index in [1.165, 1.54) is 5.56 Å². The average Bonchev–Trinajstić information content (AvgIpc) is 3.30. The van der Waals surface area contributed by atoms with Crippen LogP contribution in [0.1, 0.15) is 54.8 Å². The maximum Gasteiger partial charge on any atom is 0.303 e. The van der Waals surface area contributed by atoms with E-state index in [-0.39, 0.29) is 32.0 Å². The molecule has 0 fully saturated rings. The van der Waals surface area contributed by atoms with Crippen LogP contribution >= 0.6 is 0 Å². The summed E-state index contributed by atoms with van der Waals surface area (Å²) in [4.78, 5) is 40.5. The molecule has 10 nitrogen and oxygen atoms in total. The number of carbonyl (C=O) groups is 3. The first-order valence-electron chi connectivity index (χ1n) is 11.4. The van der Waals surface area contributed by atoms with Gasteiger partial charge in [-0.1, -0.05) is 12.1 Å². The number of anilines is 1. The van der Waals surface area contributed by atoms with Gasteiger partial charge < -0.3 is 19.9 Å². The second-order valence-corrected chi connectivity index (χ2v) is 8.40. The molecule has 4 rings (SSSR count). The molecular formula is C24H28N4O6. The first kappa shape index (κ1) is 23.3. The van der Waals surface area contributed by atoms with Crippen LogP contribution in [0.3, 0.4) is 0 Å². The molecule has 34 heavy (non-hydrogen) atoms. The van der Waals surface area contributed by atoms with Gasteiger partial charge in [0.1, 0.15) is 5.82 Å². The van der Waals surface area contributed by atoms with Crippen molar-refractivity contribution in [2.75, 3.05) is 18.7 Å². The Labute approximate surface area is 197 Å². The van der Waals surface area contributed by atoms with E-state index in [0.717, 1.165) is 30.9 Å². The van der Waals surface area contributed by atoms with Gasteiger partial charge in [0.2, 0.25) is 18.6 Å².